The van der Waals surface area contributed by atoms with Crippen LogP contribution in [0.1, 0.15) is 13.3 Å². The van der Waals surface area contributed by atoms with Gasteiger partial charge in [0.1, 0.15) is 9.84 Å². The molecule has 6 nitrogen and oxygen atoms in total. The van der Waals surface area contributed by atoms with Gasteiger partial charge in [-0.3, -0.25) is 0 Å². The van der Waals surface area contributed by atoms with Crippen molar-refractivity contribution in [1.82, 2.24) is 5.32 Å². The molecule has 0 amide bonds. The van der Waals surface area contributed by atoms with Crippen LogP contribution < -0.4 is 11.1 Å². The Hall–Kier alpha value is -0.820. The molecule has 0 aliphatic heterocycles. The summed E-state index contributed by atoms with van der Waals surface area (Å²) in [4.78, 5) is 0. The molecule has 0 aromatic carbocycles. The number of nitrogens with two attached hydrogens (primary N) is 1. The zero-order valence-electron chi connectivity index (χ0n) is 8.40. The quantitative estimate of drug-likeness (QED) is 0.235. The molecule has 0 bridgehead atoms. The van der Waals surface area contributed by atoms with Crippen molar-refractivity contribution in [3.63, 3.8) is 0 Å². The van der Waals surface area contributed by atoms with E-state index >= 15 is 0 Å². The fraction of sp³-hybridized carbons (Fsp3) is 0.857. The minimum absolute atomic E-state index is 0.0439. The number of oxime groups is 1. The summed E-state index contributed by atoms with van der Waals surface area (Å²) >= 11 is 0. The third kappa shape index (κ3) is 5.76. The molecule has 0 rings (SSSR count). The van der Waals surface area contributed by atoms with E-state index < -0.39 is 9.84 Å². The number of hydrogen-bond acceptors (Lipinski definition) is 5. The lowest BCUT2D eigenvalue weighted by molar-refractivity contribution is 0.314. The lowest BCUT2D eigenvalue weighted by Gasteiger charge is -2.14. The van der Waals surface area contributed by atoms with Crippen molar-refractivity contribution in [3.8, 4) is 0 Å². The largest absolute Gasteiger partial charge is 0.409 e. The second kappa shape index (κ2) is 5.82. The lowest BCUT2D eigenvalue weighted by atomic mass is 10.2. The number of amidine groups is 1. The van der Waals surface area contributed by atoms with Gasteiger partial charge in [0, 0.05) is 12.8 Å². The SMILES string of the molecule is CCC(NCCS(C)(=O)=O)C(N)=NO. The van der Waals surface area contributed by atoms with Crippen LogP contribution in [-0.2, 0) is 9.84 Å². The normalized spacial score (nSPS) is 15.4. The first kappa shape index (κ1) is 13.2. The first-order valence-electron chi connectivity index (χ1n) is 4.29. The monoisotopic (exact) mass is 223 g/mol. The van der Waals surface area contributed by atoms with Gasteiger partial charge >= 0.3 is 0 Å². The average Bonchev–Trinajstić information content (AvgIpc) is 2.09. The number of nitrogens with one attached hydrogen (secondary N) is 1. The maximum Gasteiger partial charge on any atom is 0.156 e. The minimum atomic E-state index is -2.97. The molecule has 7 heteroatoms. The summed E-state index contributed by atoms with van der Waals surface area (Å²) < 4.78 is 21.6. The fourth-order valence-electron chi connectivity index (χ4n) is 0.946. The van der Waals surface area contributed by atoms with Gasteiger partial charge in [0.25, 0.3) is 0 Å². The highest BCUT2D eigenvalue weighted by atomic mass is 32.2. The number of rotatable bonds is 6. The van der Waals surface area contributed by atoms with Crippen molar-refractivity contribution in [1.29, 1.82) is 0 Å². The van der Waals surface area contributed by atoms with E-state index in [2.05, 4.69) is 10.5 Å². The maximum atomic E-state index is 10.8. The third-order valence-electron chi connectivity index (χ3n) is 1.74. The fourth-order valence-corrected chi connectivity index (χ4v) is 1.43. The van der Waals surface area contributed by atoms with Crippen LogP contribution >= 0.6 is 0 Å². The van der Waals surface area contributed by atoms with E-state index in [-0.39, 0.29) is 17.6 Å². The summed E-state index contributed by atoms with van der Waals surface area (Å²) in [6.45, 7) is 2.16. The first-order chi connectivity index (χ1) is 6.40. The molecular weight excluding hydrogens is 206 g/mol. The Morgan fingerprint density at radius 1 is 1.64 bits per heavy atom. The van der Waals surface area contributed by atoms with Gasteiger partial charge in [-0.2, -0.15) is 0 Å². The Morgan fingerprint density at radius 2 is 2.21 bits per heavy atom. The molecule has 0 aromatic heterocycles. The lowest BCUT2D eigenvalue weighted by Crippen LogP contribution is -2.42. The topological polar surface area (TPSA) is 105 Å². The van der Waals surface area contributed by atoms with E-state index in [1.807, 2.05) is 6.92 Å². The zero-order chi connectivity index (χ0) is 11.2. The Kier molecular flexibility index (Phi) is 5.47. The van der Waals surface area contributed by atoms with E-state index in [9.17, 15) is 8.42 Å². The van der Waals surface area contributed by atoms with Crippen LogP contribution in [0.4, 0.5) is 0 Å². The zero-order valence-corrected chi connectivity index (χ0v) is 9.21. The third-order valence-corrected chi connectivity index (χ3v) is 2.69. The predicted octanol–water partition coefficient (Wildman–Crippen LogP) is -0.854. The molecule has 0 aliphatic rings. The van der Waals surface area contributed by atoms with Crippen molar-refractivity contribution in [2.45, 2.75) is 19.4 Å². The van der Waals surface area contributed by atoms with Crippen molar-refractivity contribution >= 4 is 15.7 Å². The van der Waals surface area contributed by atoms with Gasteiger partial charge in [-0.1, -0.05) is 12.1 Å². The summed E-state index contributed by atoms with van der Waals surface area (Å²) in [5, 5.41) is 14.1. The highest BCUT2D eigenvalue weighted by Gasteiger charge is 2.11. The van der Waals surface area contributed by atoms with E-state index in [1.165, 1.54) is 6.26 Å². The van der Waals surface area contributed by atoms with Crippen molar-refractivity contribution in [2.24, 2.45) is 10.9 Å². The van der Waals surface area contributed by atoms with Gasteiger partial charge in [0.05, 0.1) is 11.8 Å². The Balaban J connectivity index is 3.98. The van der Waals surface area contributed by atoms with Crippen LogP contribution in [-0.4, -0.2) is 44.1 Å². The molecule has 14 heavy (non-hydrogen) atoms. The van der Waals surface area contributed by atoms with Gasteiger partial charge in [0.2, 0.25) is 0 Å². The van der Waals surface area contributed by atoms with Crippen LogP contribution in [0.15, 0.2) is 5.16 Å². The van der Waals surface area contributed by atoms with Crippen LogP contribution in [0, 0.1) is 0 Å². The molecule has 0 aromatic rings. The van der Waals surface area contributed by atoms with E-state index in [1.54, 1.807) is 0 Å². The Bertz CT molecular complexity index is 287. The maximum absolute atomic E-state index is 10.8. The standard InChI is InChI=1S/C7H17N3O3S/c1-3-6(7(8)10-11)9-4-5-14(2,12)13/h6,9,11H,3-5H2,1-2H3,(H2,8,10). The average molecular weight is 223 g/mol. The highest BCUT2D eigenvalue weighted by Crippen LogP contribution is 1.91. The molecule has 0 saturated heterocycles. The molecule has 0 spiro atoms. The van der Waals surface area contributed by atoms with E-state index in [0.717, 1.165) is 0 Å². The Labute approximate surface area is 84.1 Å². The van der Waals surface area contributed by atoms with E-state index in [0.29, 0.717) is 13.0 Å². The molecule has 84 valence electrons. The summed E-state index contributed by atoms with van der Waals surface area (Å²) in [6, 6.07) is -0.276. The summed E-state index contributed by atoms with van der Waals surface area (Å²) in [5.41, 5.74) is 5.37. The molecule has 0 aliphatic carbocycles. The smallest absolute Gasteiger partial charge is 0.156 e. The number of sulfone groups is 1. The molecule has 0 saturated carbocycles. The van der Waals surface area contributed by atoms with Crippen LogP contribution in [0.2, 0.25) is 0 Å². The number of hydrogen-bond donors (Lipinski definition) is 3. The summed E-state index contributed by atoms with van der Waals surface area (Å²) in [5.74, 6) is 0.114. The second-order valence-electron chi connectivity index (χ2n) is 3.07. The molecule has 0 fully saturated rings. The molecule has 0 radical (unpaired) electrons. The molecule has 4 N–H and O–H groups in total. The van der Waals surface area contributed by atoms with Gasteiger partial charge in [-0.15, -0.1) is 0 Å². The molecule has 1 unspecified atom stereocenters. The van der Waals surface area contributed by atoms with Gasteiger partial charge in [-0.05, 0) is 6.42 Å². The summed E-state index contributed by atoms with van der Waals surface area (Å²) in [6.07, 6.45) is 1.80. The highest BCUT2D eigenvalue weighted by molar-refractivity contribution is 7.90. The second-order valence-corrected chi connectivity index (χ2v) is 5.33. The molecule has 0 heterocycles. The predicted molar refractivity (Wildman–Crippen MR) is 55.2 cm³/mol. The molecular formula is C7H17N3O3S. The van der Waals surface area contributed by atoms with Gasteiger partial charge in [0.15, 0.2) is 5.84 Å². The minimum Gasteiger partial charge on any atom is -0.409 e. The van der Waals surface area contributed by atoms with Crippen molar-refractivity contribution < 1.29 is 13.6 Å². The number of nitrogens with zero attached hydrogens (tertiary/aromatic N) is 1. The van der Waals surface area contributed by atoms with E-state index in [4.69, 9.17) is 10.9 Å². The summed E-state index contributed by atoms with van der Waals surface area (Å²) in [7, 11) is -2.97. The molecule has 1 atom stereocenters. The van der Waals surface area contributed by atoms with Gasteiger partial charge in [-0.25, -0.2) is 8.42 Å². The van der Waals surface area contributed by atoms with Crippen molar-refractivity contribution in [2.75, 3.05) is 18.6 Å². The van der Waals surface area contributed by atoms with Crippen molar-refractivity contribution in [3.05, 3.63) is 0 Å². The van der Waals surface area contributed by atoms with Gasteiger partial charge < -0.3 is 16.3 Å². The van der Waals surface area contributed by atoms with Crippen LogP contribution in [0.5, 0.6) is 0 Å². The Morgan fingerprint density at radius 3 is 2.57 bits per heavy atom. The van der Waals surface area contributed by atoms with Crippen LogP contribution in [0.25, 0.3) is 0 Å². The first-order valence-corrected chi connectivity index (χ1v) is 6.35. The van der Waals surface area contributed by atoms with Crippen LogP contribution in [0.3, 0.4) is 0 Å².